The number of hydrogen-bond acceptors (Lipinski definition) is 5. The lowest BCUT2D eigenvalue weighted by Crippen LogP contribution is -2.33. The van der Waals surface area contributed by atoms with E-state index < -0.39 is 0 Å². The summed E-state index contributed by atoms with van der Waals surface area (Å²) in [7, 11) is 3.31. The monoisotopic (exact) mass is 269 g/mol. The first-order valence-corrected chi connectivity index (χ1v) is 7.14. The van der Waals surface area contributed by atoms with E-state index >= 15 is 0 Å². The van der Waals surface area contributed by atoms with Crippen LogP contribution < -0.4 is 14.8 Å². The molecule has 1 aliphatic rings. The third-order valence-electron chi connectivity index (χ3n) is 3.01. The van der Waals surface area contributed by atoms with Gasteiger partial charge >= 0.3 is 0 Å². The molecule has 1 saturated heterocycles. The van der Waals surface area contributed by atoms with Crippen molar-refractivity contribution in [1.29, 1.82) is 0 Å². The highest BCUT2D eigenvalue weighted by Gasteiger charge is 2.21. The minimum Gasteiger partial charge on any atom is -0.493 e. The van der Waals surface area contributed by atoms with Crippen LogP contribution in [0.15, 0.2) is 17.0 Å². The van der Waals surface area contributed by atoms with E-state index in [9.17, 15) is 0 Å². The Morgan fingerprint density at radius 1 is 1.28 bits per heavy atom. The van der Waals surface area contributed by atoms with Gasteiger partial charge in [0.1, 0.15) is 0 Å². The summed E-state index contributed by atoms with van der Waals surface area (Å²) in [4.78, 5) is 1.17. The van der Waals surface area contributed by atoms with Gasteiger partial charge < -0.3 is 19.5 Å². The lowest BCUT2D eigenvalue weighted by molar-refractivity contribution is 0.0259. The zero-order valence-corrected chi connectivity index (χ0v) is 11.8. The number of nitrogens with one attached hydrogen (secondary N) is 1. The Morgan fingerprint density at radius 3 is 2.56 bits per heavy atom. The Bertz CT molecular complexity index is 405. The largest absolute Gasteiger partial charge is 0.493 e. The molecule has 1 fully saturated rings. The third-order valence-corrected chi connectivity index (χ3v) is 3.80. The Kier molecular flexibility index (Phi) is 4.74. The summed E-state index contributed by atoms with van der Waals surface area (Å²) in [6.45, 7) is 2.49. The number of ether oxygens (including phenoxy) is 3. The SMILES string of the molecule is COc1cc(SC)c(C2CNCCO2)cc1OC. The molecule has 1 aliphatic heterocycles. The van der Waals surface area contributed by atoms with Crippen molar-refractivity contribution in [1.82, 2.24) is 5.32 Å². The van der Waals surface area contributed by atoms with Gasteiger partial charge in [-0.25, -0.2) is 0 Å². The zero-order valence-electron chi connectivity index (χ0n) is 11.0. The van der Waals surface area contributed by atoms with Crippen LogP contribution in [0, 0.1) is 0 Å². The molecule has 2 rings (SSSR count). The second kappa shape index (κ2) is 6.31. The van der Waals surface area contributed by atoms with Gasteiger partial charge in [-0.1, -0.05) is 0 Å². The van der Waals surface area contributed by atoms with Gasteiger partial charge in [-0.3, -0.25) is 0 Å². The van der Waals surface area contributed by atoms with Crippen LogP contribution in [0.1, 0.15) is 11.7 Å². The van der Waals surface area contributed by atoms with Crippen molar-refractivity contribution in [2.24, 2.45) is 0 Å². The molecule has 1 N–H and O–H groups in total. The van der Waals surface area contributed by atoms with Crippen molar-refractivity contribution in [2.75, 3.05) is 40.2 Å². The Balaban J connectivity index is 2.37. The molecule has 0 saturated carbocycles. The van der Waals surface area contributed by atoms with E-state index in [0.29, 0.717) is 0 Å². The van der Waals surface area contributed by atoms with E-state index in [1.54, 1.807) is 26.0 Å². The molecule has 1 unspecified atom stereocenters. The van der Waals surface area contributed by atoms with Crippen molar-refractivity contribution in [2.45, 2.75) is 11.0 Å². The van der Waals surface area contributed by atoms with Gasteiger partial charge in [0.2, 0.25) is 0 Å². The van der Waals surface area contributed by atoms with Crippen LogP contribution >= 0.6 is 11.8 Å². The highest BCUT2D eigenvalue weighted by molar-refractivity contribution is 7.98. The Morgan fingerprint density at radius 2 is 2.00 bits per heavy atom. The molecule has 5 heteroatoms. The first-order valence-electron chi connectivity index (χ1n) is 5.92. The molecule has 0 aromatic heterocycles. The zero-order chi connectivity index (χ0) is 13.0. The number of hydrogen-bond donors (Lipinski definition) is 1. The number of thioether (sulfide) groups is 1. The van der Waals surface area contributed by atoms with Gasteiger partial charge in [0, 0.05) is 18.0 Å². The lowest BCUT2D eigenvalue weighted by Gasteiger charge is -2.26. The van der Waals surface area contributed by atoms with E-state index in [0.717, 1.165) is 36.8 Å². The average molecular weight is 269 g/mol. The summed E-state index contributed by atoms with van der Waals surface area (Å²) in [6, 6.07) is 4.03. The molecular weight excluding hydrogens is 250 g/mol. The highest BCUT2D eigenvalue weighted by atomic mass is 32.2. The minimum atomic E-state index is 0.0843. The summed E-state index contributed by atoms with van der Waals surface area (Å²) < 4.78 is 16.5. The maximum absolute atomic E-state index is 5.81. The molecule has 100 valence electrons. The first kappa shape index (κ1) is 13.5. The quantitative estimate of drug-likeness (QED) is 0.847. The molecule has 1 aromatic rings. The van der Waals surface area contributed by atoms with Gasteiger partial charge in [-0.2, -0.15) is 0 Å². The molecule has 0 spiro atoms. The van der Waals surface area contributed by atoms with Crippen LogP contribution in [0.5, 0.6) is 11.5 Å². The van der Waals surface area contributed by atoms with Crippen molar-refractivity contribution >= 4 is 11.8 Å². The number of methoxy groups -OCH3 is 2. The normalized spacial score (nSPS) is 19.6. The van der Waals surface area contributed by atoms with Crippen LogP contribution in [-0.2, 0) is 4.74 Å². The van der Waals surface area contributed by atoms with E-state index in [2.05, 4.69) is 11.6 Å². The number of rotatable bonds is 4. The molecule has 1 atom stereocenters. The van der Waals surface area contributed by atoms with Crippen molar-refractivity contribution in [3.63, 3.8) is 0 Å². The average Bonchev–Trinajstić information content (AvgIpc) is 2.46. The third kappa shape index (κ3) is 2.74. The first-order chi connectivity index (χ1) is 8.80. The van der Waals surface area contributed by atoms with E-state index in [1.807, 2.05) is 12.1 Å². The van der Waals surface area contributed by atoms with Crippen LogP contribution in [-0.4, -0.2) is 40.2 Å². The number of morpholine rings is 1. The predicted molar refractivity (Wildman–Crippen MR) is 72.9 cm³/mol. The van der Waals surface area contributed by atoms with Crippen LogP contribution in [0.3, 0.4) is 0 Å². The molecule has 4 nitrogen and oxygen atoms in total. The van der Waals surface area contributed by atoms with Crippen LogP contribution in [0.4, 0.5) is 0 Å². The van der Waals surface area contributed by atoms with E-state index in [1.165, 1.54) is 4.90 Å². The summed E-state index contributed by atoms with van der Waals surface area (Å²) >= 11 is 1.69. The molecule has 18 heavy (non-hydrogen) atoms. The fourth-order valence-electron chi connectivity index (χ4n) is 2.07. The molecule has 0 bridgehead atoms. The highest BCUT2D eigenvalue weighted by Crippen LogP contribution is 2.38. The fraction of sp³-hybridized carbons (Fsp3) is 0.538. The van der Waals surface area contributed by atoms with Gasteiger partial charge in [0.25, 0.3) is 0 Å². The van der Waals surface area contributed by atoms with E-state index in [4.69, 9.17) is 14.2 Å². The lowest BCUT2D eigenvalue weighted by atomic mass is 10.1. The standard InChI is InChI=1S/C13H19NO3S/c1-15-10-6-9(12-8-14-4-5-17-12)13(18-3)7-11(10)16-2/h6-7,12,14H,4-5,8H2,1-3H3. The predicted octanol–water partition coefficient (Wildman–Crippen LogP) is 2.09. The number of benzene rings is 1. The topological polar surface area (TPSA) is 39.7 Å². The summed E-state index contributed by atoms with van der Waals surface area (Å²) in [5.41, 5.74) is 1.16. The van der Waals surface area contributed by atoms with Crippen LogP contribution in [0.2, 0.25) is 0 Å². The summed E-state index contributed by atoms with van der Waals surface area (Å²) in [5, 5.41) is 3.34. The minimum absolute atomic E-state index is 0.0843. The van der Waals surface area contributed by atoms with Crippen molar-refractivity contribution in [3.8, 4) is 11.5 Å². The van der Waals surface area contributed by atoms with Crippen molar-refractivity contribution in [3.05, 3.63) is 17.7 Å². The van der Waals surface area contributed by atoms with E-state index in [-0.39, 0.29) is 6.10 Å². The van der Waals surface area contributed by atoms with Gasteiger partial charge in [-0.15, -0.1) is 11.8 Å². The van der Waals surface area contributed by atoms with Gasteiger partial charge in [-0.05, 0) is 24.0 Å². The Labute approximate surface area is 112 Å². The smallest absolute Gasteiger partial charge is 0.161 e. The molecule has 1 aromatic carbocycles. The van der Waals surface area contributed by atoms with Crippen LogP contribution in [0.25, 0.3) is 0 Å². The van der Waals surface area contributed by atoms with Crippen molar-refractivity contribution < 1.29 is 14.2 Å². The second-order valence-corrected chi connectivity index (χ2v) is 4.86. The second-order valence-electron chi connectivity index (χ2n) is 4.01. The summed E-state index contributed by atoms with van der Waals surface area (Å²) in [5.74, 6) is 1.51. The molecular formula is C13H19NO3S. The maximum atomic E-state index is 5.81. The Hall–Kier alpha value is -0.910. The molecule has 0 amide bonds. The van der Waals surface area contributed by atoms with Gasteiger partial charge in [0.15, 0.2) is 11.5 Å². The molecule has 0 aliphatic carbocycles. The fourth-order valence-corrected chi connectivity index (χ4v) is 2.72. The van der Waals surface area contributed by atoms with Gasteiger partial charge in [0.05, 0.1) is 26.9 Å². The maximum Gasteiger partial charge on any atom is 0.161 e. The molecule has 0 radical (unpaired) electrons. The summed E-state index contributed by atoms with van der Waals surface area (Å²) in [6.07, 6.45) is 2.14. The molecule has 1 heterocycles.